The van der Waals surface area contributed by atoms with Gasteiger partial charge in [-0.15, -0.1) is 10.6 Å². The summed E-state index contributed by atoms with van der Waals surface area (Å²) in [6.45, 7) is 2.08. The topological polar surface area (TPSA) is 156 Å². The van der Waals surface area contributed by atoms with Crippen molar-refractivity contribution in [3.05, 3.63) is 57.6 Å². The fraction of sp³-hybridized carbons (Fsp3) is 0.656. The van der Waals surface area contributed by atoms with Crippen LogP contribution in [0.25, 0.3) is 0 Å². The molecule has 2 aliphatic heterocycles. The minimum Gasteiger partial charge on any atom is -0.510 e. The summed E-state index contributed by atoms with van der Waals surface area (Å²) in [5.41, 5.74) is 1.66. The van der Waals surface area contributed by atoms with Crippen LogP contribution >= 0.6 is 10.6 Å². The summed E-state index contributed by atoms with van der Waals surface area (Å²) in [6, 6.07) is 0.0720. The lowest BCUT2D eigenvalue weighted by atomic mass is 9.80. The number of nitrogens with zero attached hydrogens (tertiary/aromatic N) is 1. The van der Waals surface area contributed by atoms with Crippen LogP contribution in [0.3, 0.4) is 0 Å². The van der Waals surface area contributed by atoms with Gasteiger partial charge in [0.2, 0.25) is 0 Å². The molecule has 1 fully saturated rings. The average Bonchev–Trinajstić information content (AvgIpc) is 3.83. The van der Waals surface area contributed by atoms with Gasteiger partial charge in [0.05, 0.1) is 20.1 Å². The van der Waals surface area contributed by atoms with E-state index in [-0.39, 0.29) is 35.0 Å². The number of ether oxygens (including phenoxy) is 2. The van der Waals surface area contributed by atoms with Crippen molar-refractivity contribution in [2.24, 2.45) is 22.7 Å². The summed E-state index contributed by atoms with van der Waals surface area (Å²) in [5, 5.41) is 39.0. The lowest BCUT2D eigenvalue weighted by molar-refractivity contribution is 0.0848. The van der Waals surface area contributed by atoms with Crippen molar-refractivity contribution >= 4 is 16.8 Å². The largest absolute Gasteiger partial charge is 0.510 e. The van der Waals surface area contributed by atoms with Crippen LogP contribution in [0.1, 0.15) is 71.1 Å². The second-order valence-electron chi connectivity index (χ2n) is 12.3. The van der Waals surface area contributed by atoms with Gasteiger partial charge in [-0.05, 0) is 50.2 Å². The molecule has 5 rings (SSSR count). The Morgan fingerprint density at radius 2 is 1.91 bits per heavy atom. The number of aliphatic imine (C=N–C) groups is 1. The fourth-order valence-corrected chi connectivity index (χ4v) is 8.49. The maximum absolute atomic E-state index is 11.8. The summed E-state index contributed by atoms with van der Waals surface area (Å²) < 4.78 is 34.7. The van der Waals surface area contributed by atoms with Crippen LogP contribution in [-0.4, -0.2) is 74.8 Å². The SMILES string of the molecule is CCCCC1NC(O)C(S(O)(O)C2CC=C(C3C=CC(C(O)NC4CC4)CC3)C=N2)=C(O)C1C1=C(OC)CCC=C1OC. The van der Waals surface area contributed by atoms with Crippen molar-refractivity contribution in [2.75, 3.05) is 14.2 Å². The number of allylic oxidation sites excluding steroid dienone is 5. The normalized spacial score (nSPS) is 32.8. The number of hydrogen-bond donors (Lipinski definition) is 7. The van der Waals surface area contributed by atoms with Crippen LogP contribution in [0.2, 0.25) is 0 Å². The zero-order valence-corrected chi connectivity index (χ0v) is 26.3. The number of unbranched alkanes of at least 4 members (excludes halogenated alkanes) is 1. The summed E-state index contributed by atoms with van der Waals surface area (Å²) in [5.74, 6) is 0.519. The summed E-state index contributed by atoms with van der Waals surface area (Å²) in [6.07, 6.45) is 15.8. The van der Waals surface area contributed by atoms with E-state index >= 15 is 0 Å². The third-order valence-electron chi connectivity index (χ3n) is 9.35. The van der Waals surface area contributed by atoms with Gasteiger partial charge < -0.3 is 24.8 Å². The second kappa shape index (κ2) is 13.9. The number of aliphatic hydroxyl groups excluding tert-OH is 3. The Morgan fingerprint density at radius 1 is 1.12 bits per heavy atom. The standard InChI is InChI=1S/C32H49N3O7S/c1-4-5-7-23-27(28-24(41-2)8-6-9-25(28)42-3)29(36)30(32(38)35-23)43(39,40)26-17-14-21(18-33-26)19-10-12-20(13-11-19)31(37)34-22-15-16-22/h8,10,12,14,18-20,22-23,26-27,31-32,34-40H,4-7,9,11,13,15-17H2,1-3H3. The lowest BCUT2D eigenvalue weighted by Crippen LogP contribution is -2.51. The molecule has 11 heteroatoms. The molecule has 0 aromatic rings. The van der Waals surface area contributed by atoms with E-state index in [0.717, 1.165) is 50.5 Å². The van der Waals surface area contributed by atoms with Crippen molar-refractivity contribution in [1.82, 2.24) is 10.6 Å². The maximum Gasteiger partial charge on any atom is 0.149 e. The van der Waals surface area contributed by atoms with Crippen LogP contribution in [0.4, 0.5) is 0 Å². The molecule has 10 nitrogen and oxygen atoms in total. The fourth-order valence-electron chi connectivity index (χ4n) is 6.77. The molecule has 7 N–H and O–H groups in total. The van der Waals surface area contributed by atoms with Crippen LogP contribution in [0.5, 0.6) is 0 Å². The molecule has 0 aromatic carbocycles. The van der Waals surface area contributed by atoms with Crippen molar-refractivity contribution in [3.63, 3.8) is 0 Å². The molecule has 7 unspecified atom stereocenters. The molecular weight excluding hydrogens is 570 g/mol. The van der Waals surface area contributed by atoms with E-state index in [1.165, 1.54) is 0 Å². The smallest absolute Gasteiger partial charge is 0.149 e. The quantitative estimate of drug-likeness (QED) is 0.115. The molecule has 240 valence electrons. The minimum absolute atomic E-state index is 0.0772. The number of nitrogens with one attached hydrogen (secondary N) is 2. The number of dihydropyridines is 1. The van der Waals surface area contributed by atoms with E-state index in [0.29, 0.717) is 36.0 Å². The van der Waals surface area contributed by atoms with Crippen LogP contribution in [-0.2, 0) is 9.47 Å². The van der Waals surface area contributed by atoms with Gasteiger partial charge in [-0.1, -0.05) is 38.0 Å². The predicted molar refractivity (Wildman–Crippen MR) is 169 cm³/mol. The monoisotopic (exact) mass is 619 g/mol. The Bertz CT molecular complexity index is 1210. The van der Waals surface area contributed by atoms with Gasteiger partial charge in [-0.3, -0.25) is 24.7 Å². The highest BCUT2D eigenvalue weighted by Crippen LogP contribution is 2.59. The highest BCUT2D eigenvalue weighted by molar-refractivity contribution is 8.28. The molecule has 2 heterocycles. The van der Waals surface area contributed by atoms with E-state index in [4.69, 9.17) is 9.47 Å². The average molecular weight is 620 g/mol. The Labute approximate surface area is 256 Å². The van der Waals surface area contributed by atoms with Gasteiger partial charge >= 0.3 is 0 Å². The van der Waals surface area contributed by atoms with Crippen LogP contribution in [0, 0.1) is 17.8 Å². The van der Waals surface area contributed by atoms with E-state index in [1.54, 1.807) is 20.4 Å². The first-order chi connectivity index (χ1) is 20.7. The maximum atomic E-state index is 11.8. The first-order valence-electron chi connectivity index (χ1n) is 15.7. The highest BCUT2D eigenvalue weighted by atomic mass is 32.3. The minimum atomic E-state index is -3.74. The van der Waals surface area contributed by atoms with Crippen molar-refractivity contribution in [3.8, 4) is 0 Å². The Balaban J connectivity index is 1.37. The lowest BCUT2D eigenvalue weighted by Gasteiger charge is -2.47. The number of hydrogen-bond acceptors (Lipinski definition) is 10. The third-order valence-corrected chi connectivity index (χ3v) is 11.5. The van der Waals surface area contributed by atoms with E-state index in [9.17, 15) is 24.4 Å². The van der Waals surface area contributed by atoms with Crippen molar-refractivity contribution in [2.45, 2.75) is 101 Å². The number of rotatable bonds is 12. The molecule has 0 aromatic heterocycles. The van der Waals surface area contributed by atoms with Gasteiger partial charge in [0, 0.05) is 48.5 Å². The predicted octanol–water partition coefficient (Wildman–Crippen LogP) is 5.21. The van der Waals surface area contributed by atoms with Crippen LogP contribution in [0.15, 0.2) is 62.6 Å². The Kier molecular flexibility index (Phi) is 10.4. The summed E-state index contributed by atoms with van der Waals surface area (Å²) in [4.78, 5) is 4.35. The Hall–Kier alpha value is -2.12. The summed E-state index contributed by atoms with van der Waals surface area (Å²) in [7, 11) is -0.577. The number of aliphatic hydroxyl groups is 3. The first kappa shape index (κ1) is 32.3. The van der Waals surface area contributed by atoms with E-state index in [1.807, 2.05) is 12.2 Å². The zero-order valence-electron chi connectivity index (χ0n) is 25.5. The highest BCUT2D eigenvalue weighted by Gasteiger charge is 2.47. The van der Waals surface area contributed by atoms with Gasteiger partial charge in [0.15, 0.2) is 0 Å². The molecule has 0 amide bonds. The van der Waals surface area contributed by atoms with Crippen molar-refractivity contribution in [1.29, 1.82) is 0 Å². The first-order valence-corrected chi connectivity index (χ1v) is 17.3. The van der Waals surface area contributed by atoms with Gasteiger partial charge in [0.1, 0.15) is 40.0 Å². The third kappa shape index (κ3) is 6.93. The molecule has 43 heavy (non-hydrogen) atoms. The van der Waals surface area contributed by atoms with Crippen molar-refractivity contribution < 1.29 is 33.9 Å². The van der Waals surface area contributed by atoms with Gasteiger partial charge in [-0.25, -0.2) is 0 Å². The second-order valence-corrected chi connectivity index (χ2v) is 14.5. The van der Waals surface area contributed by atoms with Gasteiger partial charge in [-0.2, -0.15) is 0 Å². The molecule has 5 aliphatic rings. The molecule has 7 atom stereocenters. The number of methoxy groups -OCH3 is 2. The zero-order chi connectivity index (χ0) is 30.7. The molecule has 3 aliphatic carbocycles. The Morgan fingerprint density at radius 3 is 2.51 bits per heavy atom. The molecule has 0 radical (unpaired) electrons. The summed E-state index contributed by atoms with van der Waals surface area (Å²) >= 11 is 0. The molecular formula is C32H49N3O7S. The molecule has 0 spiro atoms. The van der Waals surface area contributed by atoms with E-state index < -0.39 is 34.3 Å². The van der Waals surface area contributed by atoms with Crippen LogP contribution < -0.4 is 10.6 Å². The van der Waals surface area contributed by atoms with Gasteiger partial charge in [0.25, 0.3) is 0 Å². The molecule has 1 saturated carbocycles. The molecule has 0 saturated heterocycles. The molecule has 0 bridgehead atoms. The van der Waals surface area contributed by atoms with E-state index in [2.05, 4.69) is 34.7 Å².